The number of nitrogens with one attached hydrogen (secondary N) is 1. The van der Waals surface area contributed by atoms with Crippen LogP contribution in [0.1, 0.15) is 47.0 Å². The summed E-state index contributed by atoms with van der Waals surface area (Å²) in [6.07, 6.45) is 4.26. The minimum atomic E-state index is 0.341. The first kappa shape index (κ1) is 13.9. The van der Waals surface area contributed by atoms with E-state index in [0.717, 1.165) is 32.4 Å². The van der Waals surface area contributed by atoms with Crippen LogP contribution in [0.25, 0.3) is 0 Å². The van der Waals surface area contributed by atoms with Gasteiger partial charge in [-0.2, -0.15) is 0 Å². The van der Waals surface area contributed by atoms with Crippen molar-refractivity contribution in [3.8, 4) is 0 Å². The molecular formula is C13H27NO2. The highest BCUT2D eigenvalue weighted by atomic mass is 16.5. The summed E-state index contributed by atoms with van der Waals surface area (Å²) in [5.74, 6) is 0. The smallest absolute Gasteiger partial charge is 0.0625 e. The zero-order chi connectivity index (χ0) is 12.0. The Balaban J connectivity index is 2.25. The monoisotopic (exact) mass is 229 g/mol. The summed E-state index contributed by atoms with van der Waals surface area (Å²) >= 11 is 0. The van der Waals surface area contributed by atoms with E-state index >= 15 is 0 Å². The molecule has 0 amide bonds. The van der Waals surface area contributed by atoms with Gasteiger partial charge in [0.15, 0.2) is 0 Å². The molecule has 3 nitrogen and oxygen atoms in total. The van der Waals surface area contributed by atoms with Crippen LogP contribution in [0, 0.1) is 0 Å². The third-order valence-corrected chi connectivity index (χ3v) is 3.17. The summed E-state index contributed by atoms with van der Waals surface area (Å²) in [6, 6.07) is 0.499. The number of rotatable bonds is 6. The highest BCUT2D eigenvalue weighted by molar-refractivity contribution is 4.74. The van der Waals surface area contributed by atoms with Gasteiger partial charge in [0.25, 0.3) is 0 Å². The lowest BCUT2D eigenvalue weighted by Crippen LogP contribution is -2.38. The van der Waals surface area contributed by atoms with E-state index in [-0.39, 0.29) is 0 Å². The summed E-state index contributed by atoms with van der Waals surface area (Å²) in [4.78, 5) is 0. The summed E-state index contributed by atoms with van der Waals surface area (Å²) in [5, 5.41) is 3.44. The molecule has 1 saturated heterocycles. The second-order valence-corrected chi connectivity index (χ2v) is 4.85. The van der Waals surface area contributed by atoms with Crippen molar-refractivity contribution < 1.29 is 9.47 Å². The van der Waals surface area contributed by atoms with Crippen LogP contribution in [0.15, 0.2) is 0 Å². The molecule has 3 atom stereocenters. The molecule has 96 valence electrons. The molecule has 0 aromatic carbocycles. The molecule has 3 heteroatoms. The highest BCUT2D eigenvalue weighted by Crippen LogP contribution is 2.21. The number of ether oxygens (including phenoxy) is 2. The minimum Gasteiger partial charge on any atom is -0.376 e. The lowest BCUT2D eigenvalue weighted by atomic mass is 10.0. The number of likely N-dealkylation sites (N-methyl/N-ethyl adjacent to an activating group) is 1. The molecule has 0 aromatic rings. The van der Waals surface area contributed by atoms with Gasteiger partial charge in [0.1, 0.15) is 0 Å². The first-order chi connectivity index (χ1) is 7.65. The van der Waals surface area contributed by atoms with Crippen molar-refractivity contribution in [2.75, 3.05) is 13.2 Å². The van der Waals surface area contributed by atoms with Crippen LogP contribution in [-0.2, 0) is 9.47 Å². The van der Waals surface area contributed by atoms with Crippen molar-refractivity contribution in [2.24, 2.45) is 0 Å². The zero-order valence-corrected chi connectivity index (χ0v) is 11.2. The molecule has 1 N–H and O–H groups in total. The fourth-order valence-electron chi connectivity index (χ4n) is 2.34. The van der Waals surface area contributed by atoms with E-state index in [1.54, 1.807) is 0 Å². The molecule has 0 aromatic heterocycles. The normalized spacial score (nSPS) is 32.6. The standard InChI is InChI=1S/C13H27NO2/c1-5-12(14-6-2)9-15-13-7-10(3)16-11(4)8-13/h10-14H,5-9H2,1-4H3. The maximum atomic E-state index is 5.99. The van der Waals surface area contributed by atoms with Crippen molar-refractivity contribution in [2.45, 2.75) is 71.3 Å². The van der Waals surface area contributed by atoms with Gasteiger partial charge < -0.3 is 14.8 Å². The van der Waals surface area contributed by atoms with Gasteiger partial charge in [-0.05, 0) is 39.7 Å². The quantitative estimate of drug-likeness (QED) is 0.758. The Kier molecular flexibility index (Phi) is 6.32. The van der Waals surface area contributed by atoms with E-state index in [1.165, 1.54) is 0 Å². The van der Waals surface area contributed by atoms with Crippen molar-refractivity contribution in [1.29, 1.82) is 0 Å². The average Bonchev–Trinajstić information content (AvgIpc) is 2.23. The van der Waals surface area contributed by atoms with Gasteiger partial charge in [-0.25, -0.2) is 0 Å². The largest absolute Gasteiger partial charge is 0.376 e. The molecule has 1 fully saturated rings. The number of hydrogen-bond donors (Lipinski definition) is 1. The van der Waals surface area contributed by atoms with Crippen molar-refractivity contribution in [1.82, 2.24) is 5.32 Å². The Morgan fingerprint density at radius 3 is 2.38 bits per heavy atom. The van der Waals surface area contributed by atoms with Crippen LogP contribution in [0.2, 0.25) is 0 Å². The maximum Gasteiger partial charge on any atom is 0.0625 e. The lowest BCUT2D eigenvalue weighted by Gasteiger charge is -2.32. The second-order valence-electron chi connectivity index (χ2n) is 4.85. The van der Waals surface area contributed by atoms with E-state index in [4.69, 9.17) is 9.47 Å². The Morgan fingerprint density at radius 2 is 1.88 bits per heavy atom. The molecule has 16 heavy (non-hydrogen) atoms. The summed E-state index contributed by atoms with van der Waals surface area (Å²) in [5.41, 5.74) is 0. The van der Waals surface area contributed by atoms with Gasteiger partial charge in [-0.1, -0.05) is 13.8 Å². The van der Waals surface area contributed by atoms with Crippen LogP contribution in [0.4, 0.5) is 0 Å². The molecule has 0 saturated carbocycles. The summed E-state index contributed by atoms with van der Waals surface area (Å²) in [6.45, 7) is 10.4. The molecule has 0 aliphatic carbocycles. The van der Waals surface area contributed by atoms with Crippen molar-refractivity contribution in [3.05, 3.63) is 0 Å². The van der Waals surface area contributed by atoms with Crippen LogP contribution < -0.4 is 5.32 Å². The Labute approximate surface area is 99.9 Å². The van der Waals surface area contributed by atoms with E-state index in [1.807, 2.05) is 0 Å². The molecule has 0 spiro atoms. The topological polar surface area (TPSA) is 30.5 Å². The fraction of sp³-hybridized carbons (Fsp3) is 1.00. The average molecular weight is 229 g/mol. The van der Waals surface area contributed by atoms with Crippen molar-refractivity contribution >= 4 is 0 Å². The summed E-state index contributed by atoms with van der Waals surface area (Å²) < 4.78 is 11.7. The van der Waals surface area contributed by atoms with Gasteiger partial charge in [0.2, 0.25) is 0 Å². The summed E-state index contributed by atoms with van der Waals surface area (Å²) in [7, 11) is 0. The molecule has 1 rings (SSSR count). The number of hydrogen-bond acceptors (Lipinski definition) is 3. The molecule has 1 heterocycles. The SMILES string of the molecule is CCNC(CC)COC1CC(C)OC(C)C1. The molecular weight excluding hydrogens is 202 g/mol. The van der Waals surface area contributed by atoms with Crippen LogP contribution in [-0.4, -0.2) is 37.5 Å². The predicted octanol–water partition coefficient (Wildman–Crippen LogP) is 2.35. The predicted molar refractivity (Wildman–Crippen MR) is 66.7 cm³/mol. The zero-order valence-electron chi connectivity index (χ0n) is 11.2. The third-order valence-electron chi connectivity index (χ3n) is 3.17. The van der Waals surface area contributed by atoms with Gasteiger partial charge in [0.05, 0.1) is 24.9 Å². The minimum absolute atomic E-state index is 0.341. The third kappa shape index (κ3) is 4.81. The van der Waals surface area contributed by atoms with Gasteiger partial charge in [-0.15, -0.1) is 0 Å². The molecule has 1 aliphatic heterocycles. The van der Waals surface area contributed by atoms with Crippen LogP contribution >= 0.6 is 0 Å². The molecule has 0 bridgehead atoms. The lowest BCUT2D eigenvalue weighted by molar-refractivity contribution is -0.104. The van der Waals surface area contributed by atoms with Crippen molar-refractivity contribution in [3.63, 3.8) is 0 Å². The maximum absolute atomic E-state index is 5.99. The molecule has 3 unspecified atom stereocenters. The van der Waals surface area contributed by atoms with E-state index < -0.39 is 0 Å². The molecule has 0 radical (unpaired) electrons. The van der Waals surface area contributed by atoms with E-state index in [0.29, 0.717) is 24.4 Å². The highest BCUT2D eigenvalue weighted by Gasteiger charge is 2.25. The Morgan fingerprint density at radius 1 is 1.25 bits per heavy atom. The second kappa shape index (κ2) is 7.25. The van der Waals surface area contributed by atoms with Crippen LogP contribution in [0.3, 0.4) is 0 Å². The fourth-order valence-corrected chi connectivity index (χ4v) is 2.34. The Bertz CT molecular complexity index is 177. The first-order valence-corrected chi connectivity index (χ1v) is 6.66. The van der Waals surface area contributed by atoms with Gasteiger partial charge in [0, 0.05) is 6.04 Å². The Hall–Kier alpha value is -0.120. The first-order valence-electron chi connectivity index (χ1n) is 6.66. The van der Waals surface area contributed by atoms with E-state index in [2.05, 4.69) is 33.0 Å². The van der Waals surface area contributed by atoms with E-state index in [9.17, 15) is 0 Å². The molecule has 1 aliphatic rings. The van der Waals surface area contributed by atoms with Crippen LogP contribution in [0.5, 0.6) is 0 Å². The van der Waals surface area contributed by atoms with Gasteiger partial charge >= 0.3 is 0 Å². The van der Waals surface area contributed by atoms with Gasteiger partial charge in [-0.3, -0.25) is 0 Å².